The second kappa shape index (κ2) is 5.63. The van der Waals surface area contributed by atoms with Crippen LogP contribution in [-0.4, -0.2) is 38.2 Å². The fraction of sp³-hybridized carbons (Fsp3) is 0.263. The van der Waals surface area contributed by atoms with Gasteiger partial charge in [-0.05, 0) is 25.2 Å². The lowest BCUT2D eigenvalue weighted by Crippen LogP contribution is -2.57. The second-order valence-corrected chi connectivity index (χ2v) is 5.92. The number of benzene rings is 2. The molecule has 118 valence electrons. The highest BCUT2D eigenvalue weighted by molar-refractivity contribution is 5.72. The molecule has 2 aromatic rings. The van der Waals surface area contributed by atoms with Gasteiger partial charge in [0, 0.05) is 35.1 Å². The van der Waals surface area contributed by atoms with Crippen LogP contribution in [0.15, 0.2) is 42.5 Å². The maximum atomic E-state index is 5.93. The Morgan fingerprint density at radius 1 is 1.17 bits per heavy atom. The molecule has 23 heavy (non-hydrogen) atoms. The number of hydrogen-bond donors (Lipinski definition) is 1. The van der Waals surface area contributed by atoms with Crippen LogP contribution in [0.2, 0.25) is 0 Å². The normalized spacial score (nSPS) is 16.4. The highest BCUT2D eigenvalue weighted by Gasteiger charge is 2.30. The molecule has 4 heteroatoms. The Bertz CT molecular complexity index is 854. The lowest BCUT2D eigenvalue weighted by atomic mass is 10.0. The number of nitrogens with one attached hydrogen (secondary N) is 1. The Labute approximate surface area is 135 Å². The van der Waals surface area contributed by atoms with Crippen LogP contribution in [0.4, 0.5) is 0 Å². The highest BCUT2D eigenvalue weighted by atomic mass is 16.5. The molecule has 0 bridgehead atoms. The molecule has 0 atom stereocenters. The molecule has 0 amide bonds. The Balaban J connectivity index is 1.95. The summed E-state index contributed by atoms with van der Waals surface area (Å²) in [4.78, 5) is 2.40. The van der Waals surface area contributed by atoms with E-state index in [-0.39, 0.29) is 0 Å². The van der Waals surface area contributed by atoms with Gasteiger partial charge in [-0.1, -0.05) is 24.3 Å². The van der Waals surface area contributed by atoms with Gasteiger partial charge in [-0.15, -0.1) is 0 Å². The van der Waals surface area contributed by atoms with Gasteiger partial charge < -0.3 is 19.7 Å². The summed E-state index contributed by atoms with van der Waals surface area (Å²) in [7, 11) is 3.71. The van der Waals surface area contributed by atoms with Crippen LogP contribution < -0.4 is 25.2 Å². The molecule has 2 aromatic carbocycles. The maximum Gasteiger partial charge on any atom is 0.136 e. The summed E-state index contributed by atoms with van der Waals surface area (Å²) in [6, 6.07) is 14.9. The zero-order chi connectivity index (χ0) is 15.8. The summed E-state index contributed by atoms with van der Waals surface area (Å²) in [5.74, 6) is 1.71. The second-order valence-electron chi connectivity index (χ2n) is 5.92. The van der Waals surface area contributed by atoms with Crippen molar-refractivity contribution in [3.63, 3.8) is 0 Å². The average molecular weight is 308 g/mol. The number of hydrogen-bond acceptors (Lipinski definition) is 4. The Morgan fingerprint density at radius 2 is 2.00 bits per heavy atom. The van der Waals surface area contributed by atoms with E-state index in [1.54, 1.807) is 7.11 Å². The summed E-state index contributed by atoms with van der Waals surface area (Å²) in [5.41, 5.74) is 2.30. The van der Waals surface area contributed by atoms with Gasteiger partial charge in [-0.3, -0.25) is 0 Å². The number of likely N-dealkylation sites (N-methyl/N-ethyl adjacent to an activating group) is 1. The minimum atomic E-state index is 0.539. The molecule has 2 heterocycles. The van der Waals surface area contributed by atoms with E-state index < -0.39 is 0 Å². The lowest BCUT2D eigenvalue weighted by Gasteiger charge is -2.42. The van der Waals surface area contributed by atoms with Crippen LogP contribution in [0.25, 0.3) is 12.0 Å². The third-order valence-electron chi connectivity index (χ3n) is 4.58. The van der Waals surface area contributed by atoms with Crippen LogP contribution in [0, 0.1) is 0 Å². The van der Waals surface area contributed by atoms with Gasteiger partial charge in [-0.25, -0.2) is 0 Å². The van der Waals surface area contributed by atoms with Gasteiger partial charge in [-0.2, -0.15) is 0 Å². The first-order valence-corrected chi connectivity index (χ1v) is 7.87. The molecule has 0 aromatic heterocycles. The van der Waals surface area contributed by atoms with Crippen molar-refractivity contribution in [3.05, 3.63) is 58.5 Å². The molecule has 1 N–H and O–H groups in total. The summed E-state index contributed by atoms with van der Waals surface area (Å²) >= 11 is 0. The Morgan fingerprint density at radius 3 is 2.78 bits per heavy atom. The molecule has 0 radical (unpaired) electrons. The van der Waals surface area contributed by atoms with E-state index in [1.807, 2.05) is 31.5 Å². The number of methoxy groups -OCH3 is 1. The molecular weight excluding hydrogens is 288 g/mol. The molecule has 0 spiro atoms. The van der Waals surface area contributed by atoms with Crippen molar-refractivity contribution in [3.8, 4) is 11.5 Å². The molecule has 2 aliphatic heterocycles. The number of likely N-dealkylation sites (tertiary alicyclic amines) is 1. The largest absolute Gasteiger partial charge is 0.497 e. The minimum Gasteiger partial charge on any atom is -0.497 e. The number of rotatable bonds is 3. The van der Waals surface area contributed by atoms with Gasteiger partial charge in [0.05, 0.1) is 19.1 Å². The predicted molar refractivity (Wildman–Crippen MR) is 90.7 cm³/mol. The molecule has 1 saturated heterocycles. The van der Waals surface area contributed by atoms with Crippen LogP contribution in [0.5, 0.6) is 11.5 Å². The van der Waals surface area contributed by atoms with Crippen molar-refractivity contribution >= 4 is 12.0 Å². The summed E-state index contributed by atoms with van der Waals surface area (Å²) < 4.78 is 11.4. The molecule has 4 rings (SSSR count). The first-order valence-electron chi connectivity index (χ1n) is 7.87. The highest BCUT2D eigenvalue weighted by Crippen LogP contribution is 2.33. The third-order valence-corrected chi connectivity index (χ3v) is 4.58. The molecule has 0 unspecified atom stereocenters. The summed E-state index contributed by atoms with van der Waals surface area (Å²) in [6.07, 6.45) is 1.84. The van der Waals surface area contributed by atoms with E-state index in [0.29, 0.717) is 6.04 Å². The molecule has 2 aliphatic rings. The van der Waals surface area contributed by atoms with Crippen LogP contribution in [0.1, 0.15) is 5.56 Å². The molecular formula is C19H20N2O2. The van der Waals surface area contributed by atoms with Crippen molar-refractivity contribution < 1.29 is 9.47 Å². The van der Waals surface area contributed by atoms with Crippen LogP contribution in [-0.2, 0) is 0 Å². The molecule has 4 nitrogen and oxygen atoms in total. The molecule has 0 aliphatic carbocycles. The first kappa shape index (κ1) is 14.2. The quantitative estimate of drug-likeness (QED) is 0.913. The topological polar surface area (TPSA) is 33.7 Å². The van der Waals surface area contributed by atoms with Crippen molar-refractivity contribution in [2.45, 2.75) is 6.04 Å². The van der Waals surface area contributed by atoms with Crippen molar-refractivity contribution in [2.75, 3.05) is 27.2 Å². The standard InChI is InChI=1S/C19H20N2O2/c1-20-14-10-21(11-14)19-16-6-4-3-5-13(16)12-23-18-8-7-15(22-2)9-17(18)19/h3-9,12,14,20H,10-11H2,1-2H3. The molecule has 0 saturated carbocycles. The predicted octanol–water partition coefficient (Wildman–Crippen LogP) is 0.886. The fourth-order valence-corrected chi connectivity index (χ4v) is 3.20. The minimum absolute atomic E-state index is 0.539. The van der Waals surface area contributed by atoms with E-state index in [4.69, 9.17) is 9.47 Å². The number of nitrogens with zero attached hydrogens (tertiary/aromatic N) is 1. The van der Waals surface area contributed by atoms with Gasteiger partial charge in [0.25, 0.3) is 0 Å². The summed E-state index contributed by atoms with van der Waals surface area (Å²) in [6.45, 7) is 1.99. The van der Waals surface area contributed by atoms with E-state index in [2.05, 4.69) is 34.5 Å². The van der Waals surface area contributed by atoms with Crippen LogP contribution in [0.3, 0.4) is 0 Å². The third kappa shape index (κ3) is 2.35. The number of ether oxygens (including phenoxy) is 2. The van der Waals surface area contributed by atoms with Crippen molar-refractivity contribution in [2.24, 2.45) is 0 Å². The Hall–Kier alpha value is -2.46. The number of fused-ring (bicyclic) bond motifs is 2. The van der Waals surface area contributed by atoms with Crippen molar-refractivity contribution in [1.82, 2.24) is 10.2 Å². The zero-order valence-electron chi connectivity index (χ0n) is 13.4. The van der Waals surface area contributed by atoms with Crippen molar-refractivity contribution in [1.29, 1.82) is 0 Å². The van der Waals surface area contributed by atoms with Crippen LogP contribution >= 0.6 is 0 Å². The first-order chi connectivity index (χ1) is 11.3. The average Bonchev–Trinajstić information content (AvgIpc) is 2.71. The smallest absolute Gasteiger partial charge is 0.136 e. The van der Waals surface area contributed by atoms with E-state index >= 15 is 0 Å². The van der Waals surface area contributed by atoms with Gasteiger partial charge in [0.2, 0.25) is 0 Å². The zero-order valence-corrected chi connectivity index (χ0v) is 13.4. The maximum absolute atomic E-state index is 5.93. The van der Waals surface area contributed by atoms with Gasteiger partial charge >= 0.3 is 0 Å². The fourth-order valence-electron chi connectivity index (χ4n) is 3.20. The molecule has 1 fully saturated rings. The van der Waals surface area contributed by atoms with E-state index in [9.17, 15) is 0 Å². The van der Waals surface area contributed by atoms with Gasteiger partial charge in [0.1, 0.15) is 11.5 Å². The SMILES string of the molecule is CNC1CN(C2=c3ccccc3=COc3ccc(OC)cc32)C1. The summed E-state index contributed by atoms with van der Waals surface area (Å²) in [5, 5.41) is 5.64. The van der Waals surface area contributed by atoms with Gasteiger partial charge in [0.15, 0.2) is 0 Å². The Kier molecular flexibility index (Phi) is 3.46. The monoisotopic (exact) mass is 308 g/mol. The lowest BCUT2D eigenvalue weighted by molar-refractivity contribution is 0.210. The van der Waals surface area contributed by atoms with E-state index in [0.717, 1.165) is 35.4 Å². The van der Waals surface area contributed by atoms with E-state index in [1.165, 1.54) is 10.9 Å².